The number of carbonyl (C=O) groups excluding carboxylic acids is 2. The van der Waals surface area contributed by atoms with Crippen LogP contribution >= 0.6 is 0 Å². The number of carbonyl (C=O) groups is 6. The van der Waals surface area contributed by atoms with Gasteiger partial charge in [-0.15, -0.1) is 0 Å². The third kappa shape index (κ3) is 24.8. The summed E-state index contributed by atoms with van der Waals surface area (Å²) in [6.07, 6.45) is -2.10. The fourth-order valence-electron chi connectivity index (χ4n) is 6.97. The highest BCUT2D eigenvalue weighted by Crippen LogP contribution is 2.21. The van der Waals surface area contributed by atoms with Gasteiger partial charge >= 0.3 is 35.8 Å². The van der Waals surface area contributed by atoms with Crippen LogP contribution in [0.2, 0.25) is 0 Å². The number of esters is 2. The maximum Gasteiger partial charge on any atom is 0.343 e. The summed E-state index contributed by atoms with van der Waals surface area (Å²) in [5.74, 6) is -7.98. The Hall–Kier alpha value is -8.22. The summed E-state index contributed by atoms with van der Waals surface area (Å²) < 4.78 is 97.0. The van der Waals surface area contributed by atoms with Crippen LogP contribution in [0.5, 0.6) is 11.5 Å². The Morgan fingerprint density at radius 2 is 0.735 bits per heavy atom. The van der Waals surface area contributed by atoms with E-state index >= 15 is 0 Å². The van der Waals surface area contributed by atoms with Gasteiger partial charge in [-0.1, -0.05) is 24.3 Å². The van der Waals surface area contributed by atoms with Gasteiger partial charge in [-0.25, -0.2) is 19.6 Å². The summed E-state index contributed by atoms with van der Waals surface area (Å²) in [5, 5.41) is 38.3. The van der Waals surface area contributed by atoms with Gasteiger partial charge in [0.1, 0.15) is 23.6 Å². The van der Waals surface area contributed by atoms with Crippen molar-refractivity contribution in [2.45, 2.75) is 38.0 Å². The van der Waals surface area contributed by atoms with E-state index in [1.807, 2.05) is 0 Å². The lowest BCUT2D eigenvalue weighted by atomic mass is 10.2. The van der Waals surface area contributed by atoms with Crippen molar-refractivity contribution in [3.63, 3.8) is 0 Å². The zero-order valence-corrected chi connectivity index (χ0v) is 46.0. The number of nitrogens with one attached hydrogen (secondary N) is 2. The van der Waals surface area contributed by atoms with E-state index in [4.69, 9.17) is 56.1 Å². The van der Waals surface area contributed by atoms with Crippen molar-refractivity contribution in [2.75, 3.05) is 79.2 Å². The molecule has 0 bridgehead atoms. The van der Waals surface area contributed by atoms with E-state index in [2.05, 4.69) is 19.4 Å². The number of hydrogen-bond donors (Lipinski definition) is 10. The highest BCUT2D eigenvalue weighted by atomic mass is 32.2. The van der Waals surface area contributed by atoms with E-state index in [1.54, 1.807) is 0 Å². The Morgan fingerprint density at radius 3 is 1.00 bits per heavy atom. The van der Waals surface area contributed by atoms with Gasteiger partial charge < -0.3 is 76.5 Å². The summed E-state index contributed by atoms with van der Waals surface area (Å²) >= 11 is 0. The molecule has 0 aliphatic heterocycles. The van der Waals surface area contributed by atoms with Crippen molar-refractivity contribution < 1.29 is 99.2 Å². The first-order valence-electron chi connectivity index (χ1n) is 24.8. The Morgan fingerprint density at radius 1 is 0.446 bits per heavy atom. The summed E-state index contributed by atoms with van der Waals surface area (Å²) in [7, 11) is -9.26. The molecular formula is C50H64N10O21S2. The number of guanidine groups is 2. The Balaban J connectivity index is 1.11. The lowest BCUT2D eigenvalue weighted by Gasteiger charge is -2.27. The maximum atomic E-state index is 13.4. The van der Waals surface area contributed by atoms with E-state index in [0.717, 1.165) is 0 Å². The van der Waals surface area contributed by atoms with Crippen molar-refractivity contribution in [3.8, 4) is 11.5 Å². The van der Waals surface area contributed by atoms with E-state index in [1.165, 1.54) is 97.1 Å². The third-order valence-electron chi connectivity index (χ3n) is 10.9. The summed E-state index contributed by atoms with van der Waals surface area (Å²) in [5.41, 5.74) is 23.4. The lowest BCUT2D eigenvalue weighted by molar-refractivity contribution is -0.148. The van der Waals surface area contributed by atoms with Crippen molar-refractivity contribution in [1.82, 2.24) is 18.1 Å². The molecule has 83 heavy (non-hydrogen) atoms. The van der Waals surface area contributed by atoms with Crippen LogP contribution in [0.1, 0.15) is 44.7 Å². The second-order valence-corrected chi connectivity index (χ2v) is 20.5. The Kier molecular flexibility index (Phi) is 27.8. The molecule has 0 spiro atoms. The van der Waals surface area contributed by atoms with Crippen LogP contribution in [0.25, 0.3) is 0 Å². The van der Waals surface area contributed by atoms with E-state index in [-0.39, 0.29) is 114 Å². The smallest absolute Gasteiger partial charge is 0.343 e. The van der Waals surface area contributed by atoms with Gasteiger partial charge in [-0.05, 0) is 83.9 Å². The van der Waals surface area contributed by atoms with Crippen LogP contribution in [-0.4, -0.2) is 185 Å². The molecule has 0 saturated heterocycles. The van der Waals surface area contributed by atoms with Crippen LogP contribution < -0.4 is 41.9 Å². The predicted molar refractivity (Wildman–Crippen MR) is 293 cm³/mol. The zero-order chi connectivity index (χ0) is 61.0. The summed E-state index contributed by atoms with van der Waals surface area (Å²) in [4.78, 5) is 80.1. The number of aliphatic imine (C=N–C) groups is 2. The number of ether oxygens (including phenoxy) is 7. The SMILES string of the molecule is NC(N)=Nc1ccc(C(=O)Oc2ccc(CNS(=O)(=O)N(CCOCCOCCOCCOCCOCCN(C(CC(=O)O)C(=O)O)S(=O)(=O)NCc3ccc(OC(=O)c4ccc(N=C(N)N)cc4)cc3)C(CC(=O)O)C(=O)O)cc2)cc1. The second kappa shape index (κ2) is 34.3. The highest BCUT2D eigenvalue weighted by molar-refractivity contribution is 7.87. The molecule has 4 rings (SSSR count). The van der Waals surface area contributed by atoms with Crippen LogP contribution in [0.3, 0.4) is 0 Å². The van der Waals surface area contributed by atoms with Crippen LogP contribution in [0.15, 0.2) is 107 Å². The molecule has 0 aliphatic rings. The van der Waals surface area contributed by atoms with Gasteiger partial charge in [0.05, 0.1) is 101 Å². The van der Waals surface area contributed by atoms with Crippen LogP contribution in [0, 0.1) is 0 Å². The second-order valence-electron chi connectivity index (χ2n) is 17.1. The van der Waals surface area contributed by atoms with Gasteiger partial charge in [0, 0.05) is 26.2 Å². The Bertz CT molecular complexity index is 2850. The molecule has 452 valence electrons. The first-order chi connectivity index (χ1) is 39.4. The topological polar surface area (TPSA) is 476 Å². The molecule has 14 N–H and O–H groups in total. The number of nitrogens with zero attached hydrogens (tertiary/aromatic N) is 4. The average Bonchev–Trinajstić information content (AvgIpc) is 3.57. The minimum Gasteiger partial charge on any atom is -0.481 e. The molecule has 4 aromatic carbocycles. The van der Waals surface area contributed by atoms with Crippen molar-refractivity contribution >= 4 is 79.5 Å². The molecule has 0 saturated carbocycles. The first kappa shape index (κ1) is 67.3. The number of rotatable bonds is 40. The summed E-state index contributed by atoms with van der Waals surface area (Å²) in [6.45, 7) is -2.10. The van der Waals surface area contributed by atoms with Gasteiger partial charge in [0.25, 0.3) is 20.4 Å². The quantitative estimate of drug-likeness (QED) is 0.00910. The maximum absolute atomic E-state index is 13.4. The molecule has 2 atom stereocenters. The molecule has 0 amide bonds. The van der Waals surface area contributed by atoms with Crippen molar-refractivity contribution in [1.29, 1.82) is 0 Å². The van der Waals surface area contributed by atoms with Crippen LogP contribution in [0.4, 0.5) is 11.4 Å². The molecule has 33 heteroatoms. The largest absolute Gasteiger partial charge is 0.481 e. The minimum absolute atomic E-state index is 0.0192. The van der Waals surface area contributed by atoms with Gasteiger partial charge in [-0.2, -0.15) is 34.9 Å². The molecule has 0 heterocycles. The molecule has 4 aromatic rings. The zero-order valence-electron chi connectivity index (χ0n) is 44.3. The molecular weight excluding hydrogens is 1140 g/mol. The molecule has 31 nitrogen and oxygen atoms in total. The predicted octanol–water partition coefficient (Wildman–Crippen LogP) is -0.153. The number of hydrogen-bond acceptors (Lipinski definition) is 19. The van der Waals surface area contributed by atoms with Crippen molar-refractivity contribution in [2.24, 2.45) is 32.9 Å². The van der Waals surface area contributed by atoms with Crippen molar-refractivity contribution in [3.05, 3.63) is 119 Å². The van der Waals surface area contributed by atoms with Gasteiger partial charge in [0.2, 0.25) is 0 Å². The third-order valence-corrected chi connectivity index (χ3v) is 14.1. The highest BCUT2D eigenvalue weighted by Gasteiger charge is 2.38. The van der Waals surface area contributed by atoms with E-state index in [9.17, 15) is 66.0 Å². The Labute approximate surface area is 476 Å². The fourth-order valence-corrected chi connectivity index (χ4v) is 9.63. The average molecular weight is 1210 g/mol. The molecule has 0 fully saturated rings. The van der Waals surface area contributed by atoms with Gasteiger partial charge in [-0.3, -0.25) is 19.2 Å². The van der Waals surface area contributed by atoms with E-state index in [0.29, 0.717) is 31.1 Å². The fraction of sp³-hybridized carbons (Fsp3) is 0.360. The normalized spacial score (nSPS) is 12.3. The van der Waals surface area contributed by atoms with Crippen LogP contribution in [-0.2, 0) is 76.4 Å². The summed E-state index contributed by atoms with van der Waals surface area (Å²) in [6, 6.07) is 19.3. The molecule has 2 unspecified atom stereocenters. The van der Waals surface area contributed by atoms with E-state index < -0.39 is 94.2 Å². The minimum atomic E-state index is -4.63. The number of nitrogens with two attached hydrogens (primary N) is 4. The lowest BCUT2D eigenvalue weighted by Crippen LogP contribution is -2.51. The van der Waals surface area contributed by atoms with Gasteiger partial charge in [0.15, 0.2) is 11.9 Å². The first-order valence-corrected chi connectivity index (χ1v) is 27.6. The molecule has 0 radical (unpaired) electrons. The number of carboxylic acids is 4. The molecule has 0 aromatic heterocycles. The monoisotopic (exact) mass is 1200 g/mol. The molecule has 0 aliphatic carbocycles. The number of aliphatic carboxylic acids is 4. The number of carboxylic acid groups (broad SMARTS) is 4. The number of benzene rings is 4. The standard InChI is InChI=1S/C50H64N10O21S2/c51-49(52)57-37-9-5-35(6-10-37)47(69)80-39-13-1-33(2-14-39)31-55-82(71,72)59(41(45(65)66)29-43(61)62)17-19-75-21-23-77-25-27-79-28-26-78-24-22-76-20-18-60(42(46(67)68)30-44(63)64)83(73,74)56-32-34-3-15-40(16-4-34)81-48(70)36-7-11-38(12-8-36)58-50(53)54/h1-16,41-42,55-56H,17-32H2,(H,61,62)(H,63,64)(H,65,66)(H,67,68)(H4,51,52,57)(H4,53,54,58).